The Balaban J connectivity index is 2.08. The first-order valence-corrected chi connectivity index (χ1v) is 6.86. The van der Waals surface area contributed by atoms with E-state index >= 15 is 0 Å². The topological polar surface area (TPSA) is 15.8 Å². The van der Waals surface area contributed by atoms with Crippen LogP contribution in [0, 0.1) is 0 Å². The molecule has 90 valence electrons. The number of aromatic nitrogens is 1. The van der Waals surface area contributed by atoms with Gasteiger partial charge >= 0.3 is 0 Å². The van der Waals surface area contributed by atoms with Gasteiger partial charge in [0, 0.05) is 17.1 Å². The van der Waals surface area contributed by atoms with E-state index < -0.39 is 0 Å². The first-order chi connectivity index (χ1) is 8.25. The monoisotopic (exact) mass is 227 g/mol. The molecule has 1 aromatic heterocycles. The van der Waals surface area contributed by atoms with Crippen molar-refractivity contribution in [3.8, 4) is 0 Å². The van der Waals surface area contributed by atoms with Crippen molar-refractivity contribution in [3.63, 3.8) is 0 Å². The van der Waals surface area contributed by atoms with Gasteiger partial charge < -0.3 is 4.98 Å². The minimum Gasteiger partial charge on any atom is -0.361 e. The second-order valence-corrected chi connectivity index (χ2v) is 5.69. The molecule has 17 heavy (non-hydrogen) atoms. The lowest BCUT2D eigenvalue weighted by atomic mass is 9.94. The number of H-pyrrole nitrogens is 1. The molecule has 1 N–H and O–H groups in total. The van der Waals surface area contributed by atoms with Crippen LogP contribution in [0.4, 0.5) is 0 Å². The molecule has 0 aliphatic heterocycles. The molecule has 1 heterocycles. The molecule has 1 aromatic carbocycles. The van der Waals surface area contributed by atoms with E-state index in [9.17, 15) is 0 Å². The Morgan fingerprint density at radius 3 is 2.65 bits per heavy atom. The molecule has 0 spiro atoms. The average Bonchev–Trinajstić information content (AvgIpc) is 2.96. The van der Waals surface area contributed by atoms with E-state index in [0.717, 1.165) is 5.92 Å². The molecule has 1 saturated carbocycles. The number of hydrogen-bond acceptors (Lipinski definition) is 0. The number of fused-ring (bicyclic) bond motifs is 1. The minimum atomic E-state index is 0.616. The summed E-state index contributed by atoms with van der Waals surface area (Å²) in [6.45, 7) is 4.53. The molecular weight excluding hydrogens is 206 g/mol. The van der Waals surface area contributed by atoms with Crippen LogP contribution in [0.2, 0.25) is 0 Å². The first kappa shape index (κ1) is 10.9. The molecule has 1 nitrogen and oxygen atoms in total. The standard InChI is InChI=1S/C16H21N/c1-11(2)13-7-8-16-14(9-13)15(10-17-16)12-5-3-4-6-12/h7-12,17H,3-6H2,1-2H3. The Bertz CT molecular complexity index is 515. The van der Waals surface area contributed by atoms with Crippen molar-refractivity contribution in [2.24, 2.45) is 0 Å². The zero-order valence-corrected chi connectivity index (χ0v) is 10.8. The third kappa shape index (κ3) is 1.88. The average molecular weight is 227 g/mol. The van der Waals surface area contributed by atoms with E-state index in [4.69, 9.17) is 0 Å². The predicted molar refractivity (Wildman–Crippen MR) is 73.6 cm³/mol. The summed E-state index contributed by atoms with van der Waals surface area (Å²) in [6, 6.07) is 6.88. The number of aromatic amines is 1. The summed E-state index contributed by atoms with van der Waals surface area (Å²) in [5.74, 6) is 1.41. The third-order valence-electron chi connectivity index (χ3n) is 4.20. The number of hydrogen-bond donors (Lipinski definition) is 1. The van der Waals surface area contributed by atoms with Gasteiger partial charge in [-0.3, -0.25) is 0 Å². The lowest BCUT2D eigenvalue weighted by Crippen LogP contribution is -1.91. The quantitative estimate of drug-likeness (QED) is 0.747. The lowest BCUT2D eigenvalue weighted by Gasteiger charge is -2.09. The summed E-state index contributed by atoms with van der Waals surface area (Å²) >= 11 is 0. The van der Waals surface area contributed by atoms with Gasteiger partial charge in [-0.05, 0) is 47.9 Å². The van der Waals surface area contributed by atoms with Gasteiger partial charge in [0.15, 0.2) is 0 Å². The molecule has 1 aliphatic rings. The van der Waals surface area contributed by atoms with Crippen LogP contribution in [-0.2, 0) is 0 Å². The maximum Gasteiger partial charge on any atom is 0.0457 e. The summed E-state index contributed by atoms with van der Waals surface area (Å²) < 4.78 is 0. The van der Waals surface area contributed by atoms with E-state index in [0.29, 0.717) is 5.92 Å². The maximum absolute atomic E-state index is 3.43. The van der Waals surface area contributed by atoms with Crippen molar-refractivity contribution in [1.29, 1.82) is 0 Å². The highest BCUT2D eigenvalue weighted by Crippen LogP contribution is 2.38. The maximum atomic E-state index is 3.43. The Kier molecular flexibility index (Phi) is 2.70. The Morgan fingerprint density at radius 1 is 1.18 bits per heavy atom. The minimum absolute atomic E-state index is 0.616. The number of benzene rings is 1. The van der Waals surface area contributed by atoms with Crippen LogP contribution in [0.1, 0.15) is 62.5 Å². The van der Waals surface area contributed by atoms with Gasteiger partial charge in [0.05, 0.1) is 0 Å². The molecule has 0 saturated heterocycles. The molecule has 0 atom stereocenters. The van der Waals surface area contributed by atoms with Crippen molar-refractivity contribution >= 4 is 10.9 Å². The van der Waals surface area contributed by atoms with Crippen LogP contribution < -0.4 is 0 Å². The summed E-state index contributed by atoms with van der Waals surface area (Å²) in [4.78, 5) is 3.43. The molecule has 0 amide bonds. The fourth-order valence-corrected chi connectivity index (χ4v) is 3.09. The lowest BCUT2D eigenvalue weighted by molar-refractivity contribution is 0.729. The van der Waals surface area contributed by atoms with Gasteiger partial charge in [-0.25, -0.2) is 0 Å². The van der Waals surface area contributed by atoms with Crippen molar-refractivity contribution in [2.75, 3.05) is 0 Å². The van der Waals surface area contributed by atoms with Gasteiger partial charge in [0.25, 0.3) is 0 Å². The summed E-state index contributed by atoms with van der Waals surface area (Å²) in [7, 11) is 0. The summed E-state index contributed by atoms with van der Waals surface area (Å²) in [5, 5.41) is 1.46. The molecule has 1 fully saturated rings. The van der Waals surface area contributed by atoms with Gasteiger partial charge in [0.2, 0.25) is 0 Å². The van der Waals surface area contributed by atoms with Crippen LogP contribution in [0.3, 0.4) is 0 Å². The van der Waals surface area contributed by atoms with Crippen molar-refractivity contribution in [2.45, 2.75) is 51.4 Å². The van der Waals surface area contributed by atoms with E-state index in [-0.39, 0.29) is 0 Å². The first-order valence-electron chi connectivity index (χ1n) is 6.86. The van der Waals surface area contributed by atoms with Crippen LogP contribution >= 0.6 is 0 Å². The summed E-state index contributed by atoms with van der Waals surface area (Å²) in [6.07, 6.45) is 7.80. The smallest absolute Gasteiger partial charge is 0.0457 e. The third-order valence-corrected chi connectivity index (χ3v) is 4.20. The molecular formula is C16H21N. The van der Waals surface area contributed by atoms with Crippen molar-refractivity contribution in [1.82, 2.24) is 4.98 Å². The van der Waals surface area contributed by atoms with E-state index in [1.165, 1.54) is 42.1 Å². The van der Waals surface area contributed by atoms with E-state index in [1.807, 2.05) is 0 Å². The Labute approximate surface area is 103 Å². The predicted octanol–water partition coefficient (Wildman–Crippen LogP) is 4.95. The Hall–Kier alpha value is -1.24. The second kappa shape index (κ2) is 4.21. The summed E-state index contributed by atoms with van der Waals surface area (Å²) in [5.41, 5.74) is 4.31. The molecule has 2 aromatic rings. The van der Waals surface area contributed by atoms with Crippen molar-refractivity contribution in [3.05, 3.63) is 35.5 Å². The molecule has 1 aliphatic carbocycles. The van der Waals surface area contributed by atoms with Crippen LogP contribution in [-0.4, -0.2) is 4.98 Å². The number of nitrogens with one attached hydrogen (secondary N) is 1. The molecule has 3 rings (SSSR count). The highest BCUT2D eigenvalue weighted by molar-refractivity contribution is 5.84. The largest absolute Gasteiger partial charge is 0.361 e. The van der Waals surface area contributed by atoms with Crippen molar-refractivity contribution < 1.29 is 0 Å². The molecule has 0 unspecified atom stereocenters. The molecule has 1 heteroatoms. The molecule has 0 radical (unpaired) electrons. The SMILES string of the molecule is CC(C)c1ccc2[nH]cc(C3CCCC3)c2c1. The fourth-order valence-electron chi connectivity index (χ4n) is 3.09. The highest BCUT2D eigenvalue weighted by atomic mass is 14.7. The van der Waals surface area contributed by atoms with Crippen LogP contribution in [0.5, 0.6) is 0 Å². The van der Waals surface area contributed by atoms with Gasteiger partial charge in [-0.2, -0.15) is 0 Å². The Morgan fingerprint density at radius 2 is 1.94 bits per heavy atom. The normalized spacial score (nSPS) is 17.4. The van der Waals surface area contributed by atoms with Gasteiger partial charge in [0.1, 0.15) is 0 Å². The zero-order valence-electron chi connectivity index (χ0n) is 10.8. The van der Waals surface area contributed by atoms with E-state index in [2.05, 4.69) is 43.2 Å². The number of rotatable bonds is 2. The second-order valence-electron chi connectivity index (χ2n) is 5.69. The molecule has 0 bridgehead atoms. The zero-order chi connectivity index (χ0) is 11.8. The van der Waals surface area contributed by atoms with Gasteiger partial charge in [-0.15, -0.1) is 0 Å². The highest BCUT2D eigenvalue weighted by Gasteiger charge is 2.20. The fraction of sp³-hybridized carbons (Fsp3) is 0.500. The van der Waals surface area contributed by atoms with Crippen LogP contribution in [0.15, 0.2) is 24.4 Å². The van der Waals surface area contributed by atoms with Gasteiger partial charge in [-0.1, -0.05) is 32.8 Å². The van der Waals surface area contributed by atoms with Crippen LogP contribution in [0.25, 0.3) is 10.9 Å². The van der Waals surface area contributed by atoms with E-state index in [1.54, 1.807) is 5.56 Å².